The molecule has 0 saturated carbocycles. The summed E-state index contributed by atoms with van der Waals surface area (Å²) < 4.78 is 0. The van der Waals surface area contributed by atoms with Crippen molar-refractivity contribution in [3.8, 4) is 0 Å². The van der Waals surface area contributed by atoms with Crippen molar-refractivity contribution >= 4 is 14.8 Å². The predicted octanol–water partition coefficient (Wildman–Crippen LogP) is 5.54. The van der Waals surface area contributed by atoms with Crippen LogP contribution in [-0.4, -0.2) is 14.8 Å². The van der Waals surface area contributed by atoms with Gasteiger partial charge in [0.15, 0.2) is 6.71 Å². The molecule has 0 N–H and O–H groups in total. The highest BCUT2D eigenvalue weighted by molar-refractivity contribution is 6.92. The van der Waals surface area contributed by atoms with Gasteiger partial charge in [-0.2, -0.15) is 0 Å². The van der Waals surface area contributed by atoms with E-state index in [0.717, 1.165) is 6.71 Å². The molecule has 0 aliphatic carbocycles. The molecule has 0 radical (unpaired) electrons. The fraction of sp³-hybridized carbons (Fsp3) is 0.750. The van der Waals surface area contributed by atoms with Gasteiger partial charge < -0.3 is 0 Å². The van der Waals surface area contributed by atoms with Gasteiger partial charge in [-0.1, -0.05) is 89.2 Å². The van der Waals surface area contributed by atoms with Gasteiger partial charge in [-0.3, -0.25) is 0 Å². The second kappa shape index (κ2) is 5.40. The third kappa shape index (κ3) is 2.84. The lowest BCUT2D eigenvalue weighted by Crippen LogP contribution is -2.34. The summed E-state index contributed by atoms with van der Waals surface area (Å²) in [4.78, 5) is 0. The molecule has 0 aromatic heterocycles. The Hall–Kier alpha value is -0.238. The van der Waals surface area contributed by atoms with Crippen molar-refractivity contribution in [3.63, 3.8) is 0 Å². The van der Waals surface area contributed by atoms with Crippen LogP contribution in [0.4, 0.5) is 0 Å². The van der Waals surface area contributed by atoms with E-state index in [9.17, 15) is 0 Å². The molecular weight excluding hydrogens is 231 g/mol. The molecule has 0 unspecified atom stereocenters. The van der Waals surface area contributed by atoms with Crippen LogP contribution in [0.2, 0.25) is 25.7 Å². The highest BCUT2D eigenvalue weighted by Crippen LogP contribution is 2.45. The average Bonchev–Trinajstić information content (AvgIpc) is 2.51. The molecule has 0 spiro atoms. The van der Waals surface area contributed by atoms with Crippen molar-refractivity contribution in [2.45, 2.75) is 73.7 Å². The Morgan fingerprint density at radius 2 is 1.56 bits per heavy atom. The molecule has 0 bridgehead atoms. The van der Waals surface area contributed by atoms with Gasteiger partial charge in [0.2, 0.25) is 0 Å². The summed E-state index contributed by atoms with van der Waals surface area (Å²) in [6, 6.07) is 0. The van der Waals surface area contributed by atoms with E-state index in [-0.39, 0.29) is 0 Å². The molecular formula is C16H31BSi. The van der Waals surface area contributed by atoms with Gasteiger partial charge >= 0.3 is 0 Å². The second-order valence-electron chi connectivity index (χ2n) is 7.30. The topological polar surface area (TPSA) is 0 Å². The van der Waals surface area contributed by atoms with Gasteiger partial charge in [-0.05, 0) is 11.8 Å². The van der Waals surface area contributed by atoms with E-state index in [4.69, 9.17) is 0 Å². The van der Waals surface area contributed by atoms with Crippen LogP contribution in [0.5, 0.6) is 0 Å². The fourth-order valence-electron chi connectivity index (χ4n) is 3.92. The highest BCUT2D eigenvalue weighted by atomic mass is 28.3. The van der Waals surface area contributed by atoms with Crippen molar-refractivity contribution < 1.29 is 0 Å². The summed E-state index contributed by atoms with van der Waals surface area (Å²) in [5.74, 6) is 0. The molecule has 2 heteroatoms. The maximum Gasteiger partial charge on any atom is 0.175 e. The van der Waals surface area contributed by atoms with Gasteiger partial charge in [-0.25, -0.2) is 0 Å². The van der Waals surface area contributed by atoms with Crippen molar-refractivity contribution in [1.82, 2.24) is 0 Å². The van der Waals surface area contributed by atoms with E-state index in [1.54, 1.807) is 11.0 Å². The van der Waals surface area contributed by atoms with Crippen LogP contribution in [0.3, 0.4) is 0 Å². The molecule has 0 nitrogen and oxygen atoms in total. The molecule has 0 amide bonds. The second-order valence-corrected chi connectivity index (χ2v) is 11.5. The van der Waals surface area contributed by atoms with E-state index >= 15 is 0 Å². The van der Waals surface area contributed by atoms with Crippen LogP contribution in [0.1, 0.15) is 48.0 Å². The summed E-state index contributed by atoms with van der Waals surface area (Å²) in [5, 5.41) is 1.82. The Bertz CT molecular complexity index is 365. The Morgan fingerprint density at radius 3 is 1.89 bits per heavy atom. The minimum atomic E-state index is -1.33. The molecule has 102 valence electrons. The highest BCUT2D eigenvalue weighted by Gasteiger charge is 2.41. The van der Waals surface area contributed by atoms with E-state index in [2.05, 4.69) is 60.3 Å². The first-order valence-electron chi connectivity index (χ1n) is 7.66. The zero-order valence-corrected chi connectivity index (χ0v) is 14.8. The number of hydrogen-bond donors (Lipinski definition) is 0. The number of rotatable bonds is 4. The predicted molar refractivity (Wildman–Crippen MR) is 89.1 cm³/mol. The number of hydrogen-bond acceptors (Lipinski definition) is 0. The third-order valence-electron chi connectivity index (χ3n) is 4.32. The van der Waals surface area contributed by atoms with Crippen molar-refractivity contribution in [1.29, 1.82) is 0 Å². The van der Waals surface area contributed by atoms with Gasteiger partial charge in [0.25, 0.3) is 0 Å². The maximum atomic E-state index is 2.67. The third-order valence-corrected chi connectivity index (χ3v) is 7.70. The Balaban J connectivity index is 3.44. The molecule has 0 aromatic carbocycles. The Morgan fingerprint density at radius 1 is 1.06 bits per heavy atom. The number of allylic oxidation sites excluding steroid dienone is 3. The summed E-state index contributed by atoms with van der Waals surface area (Å²) in [6.45, 7) is 20.1. The molecule has 0 atom stereocenters. The lowest BCUT2D eigenvalue weighted by Gasteiger charge is -2.34. The minimum Gasteiger partial charge on any atom is -0.0879 e. The standard InChI is InChI=1S/C16H31BSi/c1-9-13-12-18(7,8)15(16(4,5)6)14(13)17(10-2)11-3/h12H,9-11H2,1-8H3. The molecule has 1 aliphatic rings. The van der Waals surface area contributed by atoms with Crippen LogP contribution in [0, 0.1) is 5.41 Å². The lowest BCUT2D eigenvalue weighted by molar-refractivity contribution is 0.525. The van der Waals surface area contributed by atoms with Crippen molar-refractivity contribution in [2.75, 3.05) is 0 Å². The zero-order chi connectivity index (χ0) is 14.1. The van der Waals surface area contributed by atoms with Crippen molar-refractivity contribution in [2.24, 2.45) is 5.41 Å². The van der Waals surface area contributed by atoms with Gasteiger partial charge in [0.05, 0.1) is 8.07 Å². The first-order chi connectivity index (χ1) is 8.19. The normalized spacial score (nSPS) is 19.2. The first kappa shape index (κ1) is 15.8. The Kier molecular flexibility index (Phi) is 4.75. The van der Waals surface area contributed by atoms with E-state index in [1.165, 1.54) is 19.1 Å². The summed E-state index contributed by atoms with van der Waals surface area (Å²) in [5.41, 5.74) is 6.43. The van der Waals surface area contributed by atoms with E-state index < -0.39 is 8.07 Å². The summed E-state index contributed by atoms with van der Waals surface area (Å²) in [6.07, 6.45) is 3.78. The first-order valence-corrected chi connectivity index (χ1v) is 10.7. The molecule has 1 heterocycles. The van der Waals surface area contributed by atoms with Crippen molar-refractivity contribution in [3.05, 3.63) is 21.9 Å². The van der Waals surface area contributed by atoms with Crippen LogP contribution in [0.15, 0.2) is 21.9 Å². The van der Waals surface area contributed by atoms with Crippen LogP contribution in [-0.2, 0) is 0 Å². The molecule has 0 saturated heterocycles. The molecule has 1 aliphatic heterocycles. The van der Waals surface area contributed by atoms with Crippen LogP contribution < -0.4 is 0 Å². The SMILES string of the molecule is CCB(CC)C1=C(C(C)(C)C)[Si](C)(C)C=C1CC. The minimum absolute atomic E-state index is 0.334. The fourth-order valence-corrected chi connectivity index (χ4v) is 8.29. The van der Waals surface area contributed by atoms with Crippen LogP contribution in [0.25, 0.3) is 0 Å². The zero-order valence-electron chi connectivity index (χ0n) is 13.8. The molecule has 0 aromatic rings. The largest absolute Gasteiger partial charge is 0.175 e. The molecule has 18 heavy (non-hydrogen) atoms. The maximum absolute atomic E-state index is 2.67. The van der Waals surface area contributed by atoms with Gasteiger partial charge in [0.1, 0.15) is 0 Å². The lowest BCUT2D eigenvalue weighted by atomic mass is 9.39. The molecule has 0 fully saturated rings. The summed E-state index contributed by atoms with van der Waals surface area (Å²) in [7, 11) is -1.33. The van der Waals surface area contributed by atoms with E-state index in [1.807, 2.05) is 5.20 Å². The van der Waals surface area contributed by atoms with Gasteiger partial charge in [0, 0.05) is 0 Å². The van der Waals surface area contributed by atoms with Crippen LogP contribution >= 0.6 is 0 Å². The van der Waals surface area contributed by atoms with E-state index in [0.29, 0.717) is 5.41 Å². The quantitative estimate of drug-likeness (QED) is 0.583. The average molecular weight is 262 g/mol. The smallest absolute Gasteiger partial charge is 0.0879 e. The molecule has 1 rings (SSSR count). The Labute approximate surface area is 116 Å². The summed E-state index contributed by atoms with van der Waals surface area (Å²) >= 11 is 0. The van der Waals surface area contributed by atoms with Gasteiger partial charge in [-0.15, -0.1) is 0 Å². The monoisotopic (exact) mass is 262 g/mol.